The van der Waals surface area contributed by atoms with Crippen molar-refractivity contribution in [2.75, 3.05) is 11.9 Å². The average molecular weight is 254 g/mol. The minimum atomic E-state index is 0.0536. The van der Waals surface area contributed by atoms with E-state index in [1.807, 2.05) is 37.8 Å². The molecule has 0 aromatic heterocycles. The van der Waals surface area contributed by atoms with E-state index in [2.05, 4.69) is 5.32 Å². The molecular weight excluding hydrogens is 238 g/mol. The van der Waals surface area contributed by atoms with Crippen LogP contribution < -0.4 is 5.32 Å². The lowest BCUT2D eigenvalue weighted by molar-refractivity contribution is -0.116. The van der Waals surface area contributed by atoms with Crippen molar-refractivity contribution >= 4 is 17.3 Å². The molecule has 5 radical (unpaired) electrons. The molecule has 0 atom stereocenters. The fraction of sp³-hybridized carbons (Fsp3) is 0.188. The summed E-state index contributed by atoms with van der Waals surface area (Å²) in [6.07, 6.45) is 7.83. The van der Waals surface area contributed by atoms with Crippen LogP contribution in [0, 0.1) is 31.6 Å². The summed E-state index contributed by atoms with van der Waals surface area (Å²) in [6, 6.07) is 7.26. The zero-order valence-electron chi connectivity index (χ0n) is 10.8. The van der Waals surface area contributed by atoms with E-state index in [0.29, 0.717) is 18.5 Å². The van der Waals surface area contributed by atoms with Crippen LogP contribution in [0.4, 0.5) is 5.69 Å². The zero-order valence-corrected chi connectivity index (χ0v) is 10.8. The van der Waals surface area contributed by atoms with E-state index in [4.69, 9.17) is 0 Å². The lowest BCUT2D eigenvalue weighted by Gasteiger charge is -2.09. The molecule has 3 nitrogen and oxygen atoms in total. The number of rotatable bonds is 6. The summed E-state index contributed by atoms with van der Waals surface area (Å²) in [4.78, 5) is 22.9. The minimum absolute atomic E-state index is 0.0536. The number of hydrogen-bond acceptors (Lipinski definition) is 3. The zero-order chi connectivity index (χ0) is 13.7. The van der Waals surface area contributed by atoms with E-state index in [9.17, 15) is 9.59 Å². The van der Waals surface area contributed by atoms with Gasteiger partial charge in [0.25, 0.3) is 0 Å². The van der Waals surface area contributed by atoms with Gasteiger partial charge >= 0.3 is 0 Å². The average Bonchev–Trinajstić information content (AvgIpc) is 2.93. The SMILES string of the molecule is CC(=O)c1ccc(NCCC(=O)[C]2[CH][CH][CH][CH]2)cc1. The Morgan fingerprint density at radius 1 is 1.05 bits per heavy atom. The summed E-state index contributed by atoms with van der Waals surface area (Å²) in [5.74, 6) is 0.949. The van der Waals surface area contributed by atoms with Gasteiger partial charge in [-0.15, -0.1) is 0 Å². The molecule has 0 amide bonds. The van der Waals surface area contributed by atoms with E-state index < -0.39 is 0 Å². The molecule has 0 aliphatic heterocycles. The number of carbonyl (C=O) groups excluding carboxylic acids is 2. The van der Waals surface area contributed by atoms with Crippen molar-refractivity contribution in [3.8, 4) is 0 Å². The Labute approximate surface area is 114 Å². The smallest absolute Gasteiger partial charge is 0.159 e. The molecule has 2 rings (SSSR count). The highest BCUT2D eigenvalue weighted by Gasteiger charge is 2.23. The molecule has 1 aromatic rings. The molecule has 1 N–H and O–H groups in total. The van der Waals surface area contributed by atoms with Crippen molar-refractivity contribution in [2.45, 2.75) is 13.3 Å². The predicted octanol–water partition coefficient (Wildman–Crippen LogP) is 2.67. The highest BCUT2D eigenvalue weighted by atomic mass is 16.1. The third-order valence-electron chi connectivity index (χ3n) is 2.96. The number of benzene rings is 1. The van der Waals surface area contributed by atoms with E-state index in [0.717, 1.165) is 11.6 Å². The minimum Gasteiger partial charge on any atom is -0.385 e. The second-order valence-electron chi connectivity index (χ2n) is 4.41. The molecule has 0 saturated heterocycles. The van der Waals surface area contributed by atoms with Gasteiger partial charge in [0.2, 0.25) is 0 Å². The number of ketones is 2. The summed E-state index contributed by atoms with van der Waals surface area (Å²) >= 11 is 0. The van der Waals surface area contributed by atoms with Gasteiger partial charge in [0.05, 0.1) is 0 Å². The molecule has 97 valence electrons. The summed E-state index contributed by atoms with van der Waals surface area (Å²) in [5.41, 5.74) is 1.61. The first kappa shape index (κ1) is 13.8. The van der Waals surface area contributed by atoms with Crippen molar-refractivity contribution in [3.05, 3.63) is 61.4 Å². The Morgan fingerprint density at radius 3 is 2.26 bits per heavy atom. The lowest BCUT2D eigenvalue weighted by atomic mass is 10.0. The third kappa shape index (κ3) is 3.91. The molecular formula is C16H16NO2. The van der Waals surface area contributed by atoms with Crippen LogP contribution in [0.5, 0.6) is 0 Å². The van der Waals surface area contributed by atoms with Crippen LogP contribution in [-0.2, 0) is 4.79 Å². The van der Waals surface area contributed by atoms with Gasteiger partial charge in [-0.25, -0.2) is 0 Å². The van der Waals surface area contributed by atoms with Crippen molar-refractivity contribution in [1.29, 1.82) is 0 Å². The molecule has 0 spiro atoms. The first-order valence-electron chi connectivity index (χ1n) is 6.26. The number of carbonyl (C=O) groups is 2. The van der Waals surface area contributed by atoms with Crippen LogP contribution in [0.2, 0.25) is 0 Å². The highest BCUT2D eigenvalue weighted by Crippen LogP contribution is 2.24. The van der Waals surface area contributed by atoms with Gasteiger partial charge < -0.3 is 5.32 Å². The van der Waals surface area contributed by atoms with E-state index in [1.165, 1.54) is 0 Å². The van der Waals surface area contributed by atoms with E-state index >= 15 is 0 Å². The standard InChI is InChI=1S/C16H16NO2/c1-12(18)13-6-8-15(9-7-13)17-11-10-16(19)14-4-2-3-5-14/h2-9,17H,10-11H2,1H3. The molecule has 1 aliphatic carbocycles. The van der Waals surface area contributed by atoms with Crippen LogP contribution in [-0.4, -0.2) is 18.1 Å². The normalized spacial score (nSPS) is 15.4. The predicted molar refractivity (Wildman–Crippen MR) is 75.0 cm³/mol. The lowest BCUT2D eigenvalue weighted by Crippen LogP contribution is -2.14. The summed E-state index contributed by atoms with van der Waals surface area (Å²) in [7, 11) is 0. The molecule has 1 aromatic carbocycles. The van der Waals surface area contributed by atoms with Crippen LogP contribution >= 0.6 is 0 Å². The van der Waals surface area contributed by atoms with Gasteiger partial charge in [-0.1, -0.05) is 0 Å². The molecule has 1 fully saturated rings. The van der Waals surface area contributed by atoms with Gasteiger partial charge in [0.1, 0.15) is 5.78 Å². The van der Waals surface area contributed by atoms with Crippen molar-refractivity contribution in [2.24, 2.45) is 0 Å². The van der Waals surface area contributed by atoms with Crippen LogP contribution in [0.15, 0.2) is 24.3 Å². The van der Waals surface area contributed by atoms with Gasteiger partial charge in [0.15, 0.2) is 5.78 Å². The molecule has 3 heteroatoms. The van der Waals surface area contributed by atoms with Crippen LogP contribution in [0.1, 0.15) is 23.7 Å². The second-order valence-corrected chi connectivity index (χ2v) is 4.41. The summed E-state index contributed by atoms with van der Waals surface area (Å²) in [5, 5.41) is 3.17. The van der Waals surface area contributed by atoms with Crippen LogP contribution in [0.25, 0.3) is 0 Å². The second kappa shape index (κ2) is 6.50. The van der Waals surface area contributed by atoms with Crippen molar-refractivity contribution < 1.29 is 9.59 Å². The Morgan fingerprint density at radius 2 is 1.68 bits per heavy atom. The van der Waals surface area contributed by atoms with E-state index in [1.54, 1.807) is 19.1 Å². The maximum Gasteiger partial charge on any atom is 0.159 e. The number of hydrogen-bond donors (Lipinski definition) is 1. The van der Waals surface area contributed by atoms with E-state index in [-0.39, 0.29) is 11.6 Å². The Bertz CT molecular complexity index is 444. The molecule has 0 bridgehead atoms. The van der Waals surface area contributed by atoms with Gasteiger partial charge in [-0.2, -0.15) is 0 Å². The topological polar surface area (TPSA) is 46.2 Å². The maximum atomic E-state index is 11.8. The number of anilines is 1. The largest absolute Gasteiger partial charge is 0.385 e. The van der Waals surface area contributed by atoms with Crippen LogP contribution in [0.3, 0.4) is 0 Å². The van der Waals surface area contributed by atoms with Gasteiger partial charge in [0, 0.05) is 30.1 Å². The highest BCUT2D eigenvalue weighted by molar-refractivity contribution is 5.97. The third-order valence-corrected chi connectivity index (χ3v) is 2.96. The molecule has 1 saturated carbocycles. The molecule has 0 heterocycles. The van der Waals surface area contributed by atoms with Crippen molar-refractivity contribution in [3.63, 3.8) is 0 Å². The first-order chi connectivity index (χ1) is 9.16. The Hall–Kier alpha value is -1.64. The fourth-order valence-corrected chi connectivity index (χ4v) is 1.85. The van der Waals surface area contributed by atoms with Gasteiger partial charge in [-0.3, -0.25) is 9.59 Å². The first-order valence-corrected chi connectivity index (χ1v) is 6.26. The summed E-state index contributed by atoms with van der Waals surface area (Å²) < 4.78 is 0. The van der Waals surface area contributed by atoms with Gasteiger partial charge in [-0.05, 0) is 56.9 Å². The quantitative estimate of drug-likeness (QED) is 0.794. The fourth-order valence-electron chi connectivity index (χ4n) is 1.85. The molecule has 0 unspecified atom stereocenters. The Balaban J connectivity index is 1.75. The monoisotopic (exact) mass is 254 g/mol. The molecule has 1 aliphatic rings. The maximum absolute atomic E-state index is 11.8. The Kier molecular flexibility index (Phi) is 4.72. The number of nitrogens with one attached hydrogen (secondary N) is 1. The summed E-state index contributed by atoms with van der Waals surface area (Å²) in [6.45, 7) is 2.13. The molecule has 19 heavy (non-hydrogen) atoms. The number of Topliss-reactive ketones (excluding diaryl/α,β-unsaturated/α-hetero) is 2. The van der Waals surface area contributed by atoms with Crippen molar-refractivity contribution in [1.82, 2.24) is 0 Å².